The number of anilines is 4. The summed E-state index contributed by atoms with van der Waals surface area (Å²) < 4.78 is 3.28. The number of hydrogen-bond acceptors (Lipinski definition) is 12. The van der Waals surface area contributed by atoms with Crippen molar-refractivity contribution in [3.05, 3.63) is 69.2 Å². The zero-order chi connectivity index (χ0) is 40.2. The third-order valence-electron chi connectivity index (χ3n) is 11.8. The number of nitrogens with one attached hydrogen (secondary N) is 2. The first kappa shape index (κ1) is 38.8. The molecule has 3 amide bonds. The van der Waals surface area contributed by atoms with Crippen molar-refractivity contribution in [3.8, 4) is 0 Å². The molecule has 3 fully saturated rings. The van der Waals surface area contributed by atoms with Crippen LogP contribution in [0.25, 0.3) is 11.0 Å². The Hall–Kier alpha value is -5.03. The minimum Gasteiger partial charge on any atom is -0.390 e. The van der Waals surface area contributed by atoms with Gasteiger partial charge in [0.15, 0.2) is 5.82 Å². The van der Waals surface area contributed by atoms with Gasteiger partial charge < -0.3 is 30.6 Å². The van der Waals surface area contributed by atoms with Crippen LogP contribution in [0.4, 0.5) is 23.1 Å². The molecule has 0 bridgehead atoms. The molecule has 4 N–H and O–H groups in total. The summed E-state index contributed by atoms with van der Waals surface area (Å²) in [7, 11) is 1.74. The number of aliphatic hydroxyl groups excluding tert-OH is 1. The number of rotatable bonds is 10. The first-order chi connectivity index (χ1) is 27.3. The van der Waals surface area contributed by atoms with Crippen molar-refractivity contribution in [1.82, 2.24) is 34.2 Å². The molecule has 4 aromatic rings. The van der Waals surface area contributed by atoms with Gasteiger partial charge in [0, 0.05) is 65.1 Å². The molecule has 3 saturated heterocycles. The van der Waals surface area contributed by atoms with Crippen LogP contribution in [0.15, 0.2) is 47.4 Å². The highest BCUT2D eigenvalue weighted by Gasteiger charge is 2.46. The number of piperazine rings is 1. The topological polar surface area (TPSA) is 181 Å². The number of carbonyl (C=O) groups excluding carboxylic acids is 3. The van der Waals surface area contributed by atoms with Gasteiger partial charge >= 0.3 is 5.69 Å². The van der Waals surface area contributed by atoms with E-state index in [4.69, 9.17) is 16.6 Å². The Labute approximate surface area is 335 Å². The van der Waals surface area contributed by atoms with Gasteiger partial charge in [-0.3, -0.25) is 33.3 Å². The highest BCUT2D eigenvalue weighted by Crippen LogP contribution is 2.36. The fraction of sp³-hybridized carbons (Fsp3) is 0.500. The van der Waals surface area contributed by atoms with Gasteiger partial charge in [-0.25, -0.2) is 9.78 Å². The van der Waals surface area contributed by atoms with Crippen LogP contribution in [-0.4, -0.2) is 121 Å². The van der Waals surface area contributed by atoms with Gasteiger partial charge in [0.1, 0.15) is 17.3 Å². The van der Waals surface area contributed by atoms with Crippen molar-refractivity contribution in [2.45, 2.75) is 70.4 Å². The Kier molecular flexibility index (Phi) is 10.5. The van der Waals surface area contributed by atoms with E-state index in [2.05, 4.69) is 30.3 Å². The Morgan fingerprint density at radius 1 is 0.930 bits per heavy atom. The molecule has 16 nitrogen and oxygen atoms in total. The Morgan fingerprint density at radius 2 is 1.68 bits per heavy atom. The second-order valence-electron chi connectivity index (χ2n) is 16.3. The molecule has 6 heterocycles. The van der Waals surface area contributed by atoms with Crippen molar-refractivity contribution in [2.24, 2.45) is 13.0 Å². The summed E-state index contributed by atoms with van der Waals surface area (Å²) in [6.45, 7) is 9.52. The van der Waals surface area contributed by atoms with E-state index < -0.39 is 35.6 Å². The average Bonchev–Trinajstić information content (AvgIpc) is 3.58. The summed E-state index contributed by atoms with van der Waals surface area (Å²) in [5.74, 6) is 0.110. The first-order valence-electron chi connectivity index (χ1n) is 19.7. The van der Waals surface area contributed by atoms with Crippen molar-refractivity contribution in [1.29, 1.82) is 0 Å². The fourth-order valence-corrected chi connectivity index (χ4v) is 8.67. The maximum absolute atomic E-state index is 13.7. The molecule has 0 spiro atoms. The lowest BCUT2D eigenvalue weighted by molar-refractivity contribution is -0.131. The molecule has 0 radical (unpaired) electrons. The van der Waals surface area contributed by atoms with Crippen molar-refractivity contribution < 1.29 is 24.6 Å². The van der Waals surface area contributed by atoms with Gasteiger partial charge in [0.2, 0.25) is 11.9 Å². The number of aryl methyl sites for hydroxylation is 2. The molecule has 2 aromatic heterocycles. The van der Waals surface area contributed by atoms with Crippen LogP contribution in [0.2, 0.25) is 5.02 Å². The van der Waals surface area contributed by atoms with E-state index in [9.17, 15) is 29.4 Å². The van der Waals surface area contributed by atoms with E-state index in [0.717, 1.165) is 86.0 Å². The first-order valence-corrected chi connectivity index (χ1v) is 20.1. The number of aromatic nitrogens is 4. The minimum absolute atomic E-state index is 0.145. The van der Waals surface area contributed by atoms with Crippen LogP contribution in [-0.2, 0) is 18.4 Å². The predicted octanol–water partition coefficient (Wildman–Crippen LogP) is 2.92. The number of hydrogen-bond donors (Lipinski definition) is 4. The summed E-state index contributed by atoms with van der Waals surface area (Å²) in [5.41, 5.74) is 2.63. The molecule has 0 aliphatic carbocycles. The quantitative estimate of drug-likeness (QED) is 0.173. The molecule has 4 aliphatic rings. The number of piperidine rings is 2. The number of nitrogens with zero attached hydrogens (tertiary/aromatic N) is 8. The second-order valence-corrected chi connectivity index (χ2v) is 16.7. The van der Waals surface area contributed by atoms with Crippen LogP contribution < -0.4 is 26.1 Å². The van der Waals surface area contributed by atoms with Crippen LogP contribution >= 0.6 is 11.6 Å². The number of fused-ring (bicyclic) bond motifs is 2. The van der Waals surface area contributed by atoms with Crippen molar-refractivity contribution >= 4 is 63.5 Å². The summed E-state index contributed by atoms with van der Waals surface area (Å²) in [6.07, 6.45) is 3.45. The van der Waals surface area contributed by atoms with E-state index in [0.29, 0.717) is 46.8 Å². The number of halogens is 1. The number of carbonyl (C=O) groups is 3. The third kappa shape index (κ3) is 7.70. The molecular formula is C40H49ClN10O6. The number of aliphatic hydroxyl groups is 2. The van der Waals surface area contributed by atoms with Gasteiger partial charge in [-0.15, -0.1) is 0 Å². The number of amides is 3. The highest BCUT2D eigenvalue weighted by molar-refractivity contribution is 6.33. The van der Waals surface area contributed by atoms with E-state index in [1.807, 2.05) is 24.3 Å². The number of imidazole rings is 1. The zero-order valence-electron chi connectivity index (χ0n) is 32.4. The van der Waals surface area contributed by atoms with Crippen molar-refractivity contribution in [2.75, 3.05) is 60.9 Å². The summed E-state index contributed by atoms with van der Waals surface area (Å²) in [4.78, 5) is 69.9. The standard InChI is InChI=1S/C40H49ClN10O6/c1-40(2,57)13-16-50-31-21-25(7-8-28(31)46(3)39(50)56)43-34-27(41)22-42-38(45-34)49-19-17-47(18-20-49)23-24-11-14-48(15-12-24)29-6-4-5-26-33(29)37(55)51(36(26)54)30-9-10-32(52)44-35(30)53/h4-8,21-22,24,30,32,52,57H,9-20,23H2,1-3H3,(H,44,53)(H,42,43,45). The van der Waals surface area contributed by atoms with Crippen LogP contribution in [0.1, 0.15) is 66.7 Å². The Morgan fingerprint density at radius 3 is 2.40 bits per heavy atom. The molecule has 17 heteroatoms. The van der Waals surface area contributed by atoms with Crippen molar-refractivity contribution in [3.63, 3.8) is 0 Å². The monoisotopic (exact) mass is 800 g/mol. The molecule has 2 atom stereocenters. The lowest BCUT2D eigenvalue weighted by Crippen LogP contribution is -2.55. The van der Waals surface area contributed by atoms with E-state index in [-0.39, 0.29) is 18.5 Å². The largest absolute Gasteiger partial charge is 0.390 e. The van der Waals surface area contributed by atoms with E-state index in [1.165, 1.54) is 0 Å². The Balaban J connectivity index is 0.862. The van der Waals surface area contributed by atoms with Gasteiger partial charge in [0.25, 0.3) is 11.8 Å². The predicted molar refractivity (Wildman–Crippen MR) is 216 cm³/mol. The molecule has 4 aliphatic heterocycles. The normalized spacial score (nSPS) is 21.1. The number of imide groups is 1. The van der Waals surface area contributed by atoms with Crippen LogP contribution in [0, 0.1) is 5.92 Å². The summed E-state index contributed by atoms with van der Waals surface area (Å²) in [5, 5.41) is 26.2. The lowest BCUT2D eigenvalue weighted by atomic mass is 9.94. The molecule has 2 aromatic carbocycles. The minimum atomic E-state index is -0.968. The van der Waals surface area contributed by atoms with Gasteiger partial charge in [-0.2, -0.15) is 4.98 Å². The van der Waals surface area contributed by atoms with Gasteiger partial charge in [-0.05, 0) is 82.2 Å². The molecule has 2 unspecified atom stereocenters. The average molecular weight is 801 g/mol. The van der Waals surface area contributed by atoms with E-state index in [1.54, 1.807) is 48.4 Å². The highest BCUT2D eigenvalue weighted by atomic mass is 35.5. The maximum Gasteiger partial charge on any atom is 0.328 e. The summed E-state index contributed by atoms with van der Waals surface area (Å²) in [6, 6.07) is 10.1. The lowest BCUT2D eigenvalue weighted by Gasteiger charge is -2.39. The van der Waals surface area contributed by atoms with Crippen LogP contribution in [0.5, 0.6) is 0 Å². The molecular weight excluding hydrogens is 752 g/mol. The maximum atomic E-state index is 13.7. The fourth-order valence-electron chi connectivity index (χ4n) is 8.53. The zero-order valence-corrected chi connectivity index (χ0v) is 33.2. The number of benzene rings is 2. The molecule has 8 rings (SSSR count). The Bertz CT molecular complexity index is 2270. The smallest absolute Gasteiger partial charge is 0.328 e. The van der Waals surface area contributed by atoms with Gasteiger partial charge in [0.05, 0.1) is 39.6 Å². The van der Waals surface area contributed by atoms with Crippen LogP contribution in [0.3, 0.4) is 0 Å². The van der Waals surface area contributed by atoms with E-state index >= 15 is 0 Å². The molecule has 57 heavy (non-hydrogen) atoms. The second kappa shape index (κ2) is 15.4. The summed E-state index contributed by atoms with van der Waals surface area (Å²) >= 11 is 6.57. The molecule has 302 valence electrons. The SMILES string of the molecule is Cn1c(=O)n(CCC(C)(C)O)c2cc(Nc3nc(N4CCN(CC5CCN(c6cccc7c6C(=O)N(C6CCC(O)NC6=O)C7=O)CC5)CC4)ncc3Cl)ccc21. The molecule has 0 saturated carbocycles. The third-order valence-corrected chi connectivity index (χ3v) is 12.1. The van der Waals surface area contributed by atoms with Gasteiger partial charge in [-0.1, -0.05) is 17.7 Å².